The number of hydrogen-bond donors (Lipinski definition) is 0. The Morgan fingerprint density at radius 2 is 2.12 bits per heavy atom. The van der Waals surface area contributed by atoms with Gasteiger partial charge in [0.15, 0.2) is 10.9 Å². The molecular formula is C18H19N3O2S. The Morgan fingerprint density at radius 1 is 1.25 bits per heavy atom. The van der Waals surface area contributed by atoms with Gasteiger partial charge in [-0.15, -0.1) is 10.2 Å². The van der Waals surface area contributed by atoms with Crippen LogP contribution in [0.1, 0.15) is 59.4 Å². The molecule has 0 radical (unpaired) electrons. The Bertz CT molecular complexity index is 809. The maximum absolute atomic E-state index is 12.5. The van der Waals surface area contributed by atoms with E-state index in [0.717, 1.165) is 40.9 Å². The van der Waals surface area contributed by atoms with Crippen LogP contribution in [0.4, 0.5) is 0 Å². The number of ether oxygens (including phenoxy) is 1. The molecule has 2 aromatic rings. The molecule has 0 amide bonds. The molecule has 2 saturated carbocycles. The van der Waals surface area contributed by atoms with Crippen molar-refractivity contribution >= 4 is 17.5 Å². The molecule has 1 aromatic heterocycles. The Kier molecular flexibility index (Phi) is 3.40. The van der Waals surface area contributed by atoms with E-state index in [4.69, 9.17) is 4.74 Å². The number of rotatable bonds is 6. The molecule has 1 aliphatic heterocycles. The summed E-state index contributed by atoms with van der Waals surface area (Å²) in [5.41, 5.74) is 1.91. The largest absolute Gasteiger partial charge is 0.493 e. The molecular weight excluding hydrogens is 322 g/mol. The molecule has 5 nitrogen and oxygen atoms in total. The lowest BCUT2D eigenvalue weighted by atomic mass is 10.1. The molecule has 3 aliphatic rings. The van der Waals surface area contributed by atoms with Gasteiger partial charge in [0.1, 0.15) is 11.6 Å². The standard InChI is InChI=1S/C18H19N3O2S/c22-15(12-3-6-16-13(9-12)7-8-23-16)10-24-18-20-19-17(11-1-2-11)21(18)14-4-5-14/h3,6,9,11,14H,1-2,4-5,7-8,10H2. The van der Waals surface area contributed by atoms with Gasteiger partial charge in [-0.05, 0) is 49.4 Å². The third kappa shape index (κ3) is 2.62. The molecule has 24 heavy (non-hydrogen) atoms. The Labute approximate surface area is 144 Å². The van der Waals surface area contributed by atoms with E-state index in [9.17, 15) is 4.79 Å². The van der Waals surface area contributed by atoms with E-state index in [-0.39, 0.29) is 5.78 Å². The van der Waals surface area contributed by atoms with Gasteiger partial charge < -0.3 is 9.30 Å². The van der Waals surface area contributed by atoms with Crippen molar-refractivity contribution in [2.75, 3.05) is 12.4 Å². The maximum atomic E-state index is 12.5. The number of carbonyl (C=O) groups excluding carboxylic acids is 1. The van der Waals surface area contributed by atoms with Gasteiger partial charge in [-0.1, -0.05) is 11.8 Å². The first-order chi connectivity index (χ1) is 11.8. The fourth-order valence-electron chi connectivity index (χ4n) is 3.26. The third-order valence-electron chi connectivity index (χ3n) is 4.89. The quantitative estimate of drug-likeness (QED) is 0.595. The first-order valence-corrected chi connectivity index (χ1v) is 9.64. The molecule has 1 aromatic carbocycles. The second kappa shape index (κ2) is 5.62. The second-order valence-electron chi connectivity index (χ2n) is 6.85. The number of carbonyl (C=O) groups is 1. The van der Waals surface area contributed by atoms with Crippen LogP contribution in [-0.4, -0.2) is 32.9 Å². The summed E-state index contributed by atoms with van der Waals surface area (Å²) >= 11 is 1.53. The van der Waals surface area contributed by atoms with E-state index in [2.05, 4.69) is 14.8 Å². The van der Waals surface area contributed by atoms with Gasteiger partial charge in [-0.25, -0.2) is 0 Å². The molecule has 0 unspecified atom stereocenters. The Hall–Kier alpha value is -1.82. The van der Waals surface area contributed by atoms with Crippen LogP contribution in [0.5, 0.6) is 5.75 Å². The highest BCUT2D eigenvalue weighted by molar-refractivity contribution is 7.99. The number of hydrogen-bond acceptors (Lipinski definition) is 5. The van der Waals surface area contributed by atoms with E-state index in [1.165, 1.54) is 37.4 Å². The zero-order valence-corrected chi connectivity index (χ0v) is 14.2. The van der Waals surface area contributed by atoms with Gasteiger partial charge in [0.05, 0.1) is 12.4 Å². The normalized spacial score (nSPS) is 19.2. The van der Waals surface area contributed by atoms with Crippen molar-refractivity contribution in [3.8, 4) is 5.75 Å². The number of fused-ring (bicyclic) bond motifs is 1. The van der Waals surface area contributed by atoms with E-state index in [1.807, 2.05) is 18.2 Å². The molecule has 0 atom stereocenters. The topological polar surface area (TPSA) is 57.0 Å². The van der Waals surface area contributed by atoms with Gasteiger partial charge in [0, 0.05) is 23.9 Å². The molecule has 2 heterocycles. The average molecular weight is 341 g/mol. The number of benzene rings is 1. The summed E-state index contributed by atoms with van der Waals surface area (Å²) in [7, 11) is 0. The van der Waals surface area contributed by atoms with Crippen LogP contribution in [0.15, 0.2) is 23.4 Å². The van der Waals surface area contributed by atoms with Crippen LogP contribution in [0.3, 0.4) is 0 Å². The average Bonchev–Trinajstić information content (AvgIpc) is 3.53. The van der Waals surface area contributed by atoms with Crippen LogP contribution >= 0.6 is 11.8 Å². The number of aromatic nitrogens is 3. The minimum absolute atomic E-state index is 0.146. The molecule has 0 spiro atoms. The molecule has 5 rings (SSSR count). The molecule has 2 fully saturated rings. The smallest absolute Gasteiger partial charge is 0.191 e. The molecule has 0 saturated heterocycles. The zero-order chi connectivity index (χ0) is 16.1. The number of nitrogens with zero attached hydrogens (tertiary/aromatic N) is 3. The van der Waals surface area contributed by atoms with Crippen LogP contribution in [0.2, 0.25) is 0 Å². The minimum Gasteiger partial charge on any atom is -0.493 e. The fourth-order valence-corrected chi connectivity index (χ4v) is 4.16. The molecule has 0 bridgehead atoms. The third-order valence-corrected chi connectivity index (χ3v) is 5.83. The lowest BCUT2D eigenvalue weighted by Gasteiger charge is -2.08. The summed E-state index contributed by atoms with van der Waals surface area (Å²) < 4.78 is 7.80. The SMILES string of the molecule is O=C(CSc1nnc(C2CC2)n1C1CC1)c1ccc2c(c1)CCO2. The highest BCUT2D eigenvalue weighted by atomic mass is 32.2. The van der Waals surface area contributed by atoms with Crippen LogP contribution < -0.4 is 4.74 Å². The number of thioether (sulfide) groups is 1. The van der Waals surface area contributed by atoms with Crippen molar-refractivity contribution < 1.29 is 9.53 Å². The van der Waals surface area contributed by atoms with Crippen LogP contribution in [0, 0.1) is 0 Å². The van der Waals surface area contributed by atoms with Gasteiger partial charge in [-0.2, -0.15) is 0 Å². The van der Waals surface area contributed by atoms with E-state index in [0.29, 0.717) is 17.7 Å². The van der Waals surface area contributed by atoms with Crippen molar-refractivity contribution in [3.63, 3.8) is 0 Å². The molecule has 0 N–H and O–H groups in total. The zero-order valence-electron chi connectivity index (χ0n) is 13.4. The fraction of sp³-hybridized carbons (Fsp3) is 0.500. The highest BCUT2D eigenvalue weighted by Crippen LogP contribution is 2.46. The maximum Gasteiger partial charge on any atom is 0.191 e. The second-order valence-corrected chi connectivity index (χ2v) is 7.79. The Balaban J connectivity index is 1.31. The number of Topliss-reactive ketones (excluding diaryl/α,β-unsaturated/α-hetero) is 1. The summed E-state index contributed by atoms with van der Waals surface area (Å²) in [5.74, 6) is 3.21. The minimum atomic E-state index is 0.146. The van der Waals surface area contributed by atoms with Crippen molar-refractivity contribution in [2.45, 2.75) is 49.2 Å². The summed E-state index contributed by atoms with van der Waals surface area (Å²) in [6, 6.07) is 6.32. The van der Waals surface area contributed by atoms with E-state index in [1.54, 1.807) is 0 Å². The first-order valence-electron chi connectivity index (χ1n) is 8.66. The van der Waals surface area contributed by atoms with E-state index < -0.39 is 0 Å². The Morgan fingerprint density at radius 3 is 2.92 bits per heavy atom. The predicted molar refractivity (Wildman–Crippen MR) is 91.0 cm³/mol. The van der Waals surface area contributed by atoms with Crippen molar-refractivity contribution in [1.29, 1.82) is 0 Å². The van der Waals surface area contributed by atoms with Gasteiger partial charge in [0.2, 0.25) is 0 Å². The van der Waals surface area contributed by atoms with Crippen LogP contribution in [0.25, 0.3) is 0 Å². The van der Waals surface area contributed by atoms with Crippen molar-refractivity contribution in [3.05, 3.63) is 35.2 Å². The predicted octanol–water partition coefficient (Wildman–Crippen LogP) is 3.40. The van der Waals surface area contributed by atoms with Crippen molar-refractivity contribution in [1.82, 2.24) is 14.8 Å². The molecule has 124 valence electrons. The molecule has 2 aliphatic carbocycles. The summed E-state index contributed by atoms with van der Waals surface area (Å²) in [6.45, 7) is 0.718. The van der Waals surface area contributed by atoms with Gasteiger partial charge >= 0.3 is 0 Å². The molecule has 6 heteroatoms. The van der Waals surface area contributed by atoms with E-state index >= 15 is 0 Å². The monoisotopic (exact) mass is 341 g/mol. The lowest BCUT2D eigenvalue weighted by molar-refractivity contribution is 0.102. The first kappa shape index (κ1) is 14.5. The van der Waals surface area contributed by atoms with Crippen LogP contribution in [-0.2, 0) is 6.42 Å². The summed E-state index contributed by atoms with van der Waals surface area (Å²) in [6.07, 6.45) is 5.77. The lowest BCUT2D eigenvalue weighted by Crippen LogP contribution is -2.06. The van der Waals surface area contributed by atoms with Crippen molar-refractivity contribution in [2.24, 2.45) is 0 Å². The number of ketones is 1. The summed E-state index contributed by atoms with van der Waals surface area (Å²) in [5, 5.41) is 9.68. The van der Waals surface area contributed by atoms with Gasteiger partial charge in [-0.3, -0.25) is 4.79 Å². The summed E-state index contributed by atoms with van der Waals surface area (Å²) in [4.78, 5) is 12.5. The van der Waals surface area contributed by atoms with Gasteiger partial charge in [0.25, 0.3) is 0 Å². The highest BCUT2D eigenvalue weighted by Gasteiger charge is 2.36.